The second-order valence-corrected chi connectivity index (χ2v) is 7.68. The van der Waals surface area contributed by atoms with Gasteiger partial charge in [-0.25, -0.2) is 8.42 Å². The van der Waals surface area contributed by atoms with Gasteiger partial charge in [0.2, 0.25) is 0 Å². The number of anilines is 2. The molecule has 0 amide bonds. The summed E-state index contributed by atoms with van der Waals surface area (Å²) >= 11 is 9.22. The van der Waals surface area contributed by atoms with E-state index < -0.39 is 10.0 Å². The van der Waals surface area contributed by atoms with Gasteiger partial charge in [-0.1, -0.05) is 33.6 Å². The van der Waals surface area contributed by atoms with Gasteiger partial charge < -0.3 is 5.73 Å². The summed E-state index contributed by atoms with van der Waals surface area (Å²) < 4.78 is 28.4. The van der Waals surface area contributed by atoms with Crippen molar-refractivity contribution >= 4 is 48.9 Å². The van der Waals surface area contributed by atoms with E-state index in [1.54, 1.807) is 19.1 Å². The number of nitrogens with two attached hydrogens (primary N) is 1. The Morgan fingerprint density at radius 2 is 1.81 bits per heavy atom. The molecule has 21 heavy (non-hydrogen) atoms. The molecule has 0 saturated carbocycles. The number of halogens is 2. The van der Waals surface area contributed by atoms with E-state index in [1.165, 1.54) is 6.07 Å². The molecule has 2 aromatic rings. The van der Waals surface area contributed by atoms with Crippen LogP contribution in [0.3, 0.4) is 0 Å². The molecule has 0 atom stereocenters. The summed E-state index contributed by atoms with van der Waals surface area (Å²) in [5, 5.41) is 0.338. The van der Waals surface area contributed by atoms with Crippen LogP contribution in [0.5, 0.6) is 0 Å². The lowest BCUT2D eigenvalue weighted by Gasteiger charge is -2.13. The third kappa shape index (κ3) is 3.51. The van der Waals surface area contributed by atoms with Crippen LogP contribution in [0.2, 0.25) is 5.02 Å². The summed E-state index contributed by atoms with van der Waals surface area (Å²) in [5.74, 6) is 0. The highest BCUT2D eigenvalue weighted by Crippen LogP contribution is 2.29. The molecule has 0 aliphatic heterocycles. The van der Waals surface area contributed by atoms with Crippen molar-refractivity contribution in [3.05, 3.63) is 51.0 Å². The predicted octanol–water partition coefficient (Wildman–Crippen LogP) is 4.10. The summed E-state index contributed by atoms with van der Waals surface area (Å²) in [5.41, 5.74) is 7.80. The van der Waals surface area contributed by atoms with Crippen molar-refractivity contribution in [2.75, 3.05) is 10.5 Å². The fourth-order valence-corrected chi connectivity index (χ4v) is 3.83. The van der Waals surface area contributed by atoms with Crippen LogP contribution in [-0.2, 0) is 10.0 Å². The van der Waals surface area contributed by atoms with Crippen molar-refractivity contribution in [2.45, 2.75) is 18.7 Å². The molecule has 2 aromatic carbocycles. The minimum Gasteiger partial charge on any atom is -0.397 e. The highest BCUT2D eigenvalue weighted by molar-refractivity contribution is 9.10. The topological polar surface area (TPSA) is 72.2 Å². The van der Waals surface area contributed by atoms with Gasteiger partial charge in [0.25, 0.3) is 10.0 Å². The third-order valence-corrected chi connectivity index (χ3v) is 5.36. The monoisotopic (exact) mass is 388 g/mol. The Morgan fingerprint density at radius 3 is 2.48 bits per heavy atom. The highest BCUT2D eigenvalue weighted by Gasteiger charge is 2.19. The van der Waals surface area contributed by atoms with Gasteiger partial charge in [-0.15, -0.1) is 0 Å². The van der Waals surface area contributed by atoms with Crippen LogP contribution in [0.15, 0.2) is 39.7 Å². The van der Waals surface area contributed by atoms with Gasteiger partial charge in [-0.05, 0) is 49.2 Å². The lowest BCUT2D eigenvalue weighted by atomic mass is 10.2. The molecule has 0 aliphatic rings. The maximum absolute atomic E-state index is 12.5. The second-order valence-electron chi connectivity index (χ2n) is 4.70. The average molecular weight is 390 g/mol. The molecule has 0 aromatic heterocycles. The average Bonchev–Trinajstić information content (AvgIpc) is 2.37. The molecule has 0 fully saturated rings. The van der Waals surface area contributed by atoms with Gasteiger partial charge in [-0.3, -0.25) is 4.72 Å². The first-order chi connectivity index (χ1) is 9.70. The maximum Gasteiger partial charge on any atom is 0.262 e. The maximum atomic E-state index is 12.5. The Morgan fingerprint density at radius 1 is 1.14 bits per heavy atom. The number of benzene rings is 2. The number of rotatable bonds is 3. The Kier molecular flexibility index (Phi) is 4.51. The zero-order chi connectivity index (χ0) is 15.8. The van der Waals surface area contributed by atoms with Gasteiger partial charge in [0.05, 0.1) is 21.3 Å². The first kappa shape index (κ1) is 16.1. The summed E-state index contributed by atoms with van der Waals surface area (Å²) in [7, 11) is -3.73. The van der Waals surface area contributed by atoms with Crippen molar-refractivity contribution in [2.24, 2.45) is 0 Å². The van der Waals surface area contributed by atoms with Crippen LogP contribution in [0, 0.1) is 13.8 Å². The molecule has 0 spiro atoms. The van der Waals surface area contributed by atoms with Crippen molar-refractivity contribution in [3.8, 4) is 0 Å². The Balaban J connectivity index is 2.48. The lowest BCUT2D eigenvalue weighted by Crippen LogP contribution is -2.15. The smallest absolute Gasteiger partial charge is 0.262 e. The zero-order valence-corrected chi connectivity index (χ0v) is 14.6. The normalized spacial score (nSPS) is 11.4. The fourth-order valence-electron chi connectivity index (χ4n) is 1.86. The molecule has 0 heterocycles. The number of hydrogen-bond acceptors (Lipinski definition) is 3. The van der Waals surface area contributed by atoms with Gasteiger partial charge in [0.1, 0.15) is 0 Å². The molecule has 2 rings (SSSR count). The van der Waals surface area contributed by atoms with E-state index in [0.717, 1.165) is 10.0 Å². The van der Waals surface area contributed by atoms with Crippen LogP contribution in [0.25, 0.3) is 0 Å². The van der Waals surface area contributed by atoms with E-state index in [9.17, 15) is 8.42 Å². The summed E-state index contributed by atoms with van der Waals surface area (Å²) in [6.07, 6.45) is 0. The van der Waals surface area contributed by atoms with Crippen molar-refractivity contribution in [1.29, 1.82) is 0 Å². The Labute approximate surface area is 137 Å². The SMILES string of the molecule is Cc1ccc(Br)cc1NS(=O)(=O)c1cc(N)c(Cl)cc1C. The molecule has 0 aliphatic carbocycles. The molecular weight excluding hydrogens is 376 g/mol. The molecule has 0 saturated heterocycles. The van der Waals surface area contributed by atoms with E-state index in [4.69, 9.17) is 17.3 Å². The molecular formula is C14H14BrClN2O2S. The van der Waals surface area contributed by atoms with Crippen molar-refractivity contribution < 1.29 is 8.42 Å². The van der Waals surface area contributed by atoms with Crippen LogP contribution in [-0.4, -0.2) is 8.42 Å². The first-order valence-corrected chi connectivity index (χ1v) is 8.71. The summed E-state index contributed by atoms with van der Waals surface area (Å²) in [6, 6.07) is 8.29. The van der Waals surface area contributed by atoms with Gasteiger partial charge in [-0.2, -0.15) is 0 Å². The summed E-state index contributed by atoms with van der Waals surface area (Å²) in [6.45, 7) is 3.50. The quantitative estimate of drug-likeness (QED) is 0.776. The lowest BCUT2D eigenvalue weighted by molar-refractivity contribution is 0.600. The third-order valence-electron chi connectivity index (χ3n) is 3.03. The molecule has 0 radical (unpaired) electrons. The minimum atomic E-state index is -3.73. The molecule has 0 unspecified atom stereocenters. The number of nitrogens with one attached hydrogen (secondary N) is 1. The molecule has 0 bridgehead atoms. The number of aryl methyl sites for hydroxylation is 2. The predicted molar refractivity (Wildman–Crippen MR) is 90.3 cm³/mol. The number of hydrogen-bond donors (Lipinski definition) is 2. The number of nitrogen functional groups attached to an aromatic ring is 1. The summed E-state index contributed by atoms with van der Waals surface area (Å²) in [4.78, 5) is 0.115. The molecule has 112 valence electrons. The van der Waals surface area contributed by atoms with Crippen LogP contribution in [0.4, 0.5) is 11.4 Å². The Hall–Kier alpha value is -1.24. The van der Waals surface area contributed by atoms with Gasteiger partial charge in [0.15, 0.2) is 0 Å². The molecule has 3 N–H and O–H groups in total. The number of sulfonamides is 1. The Bertz CT molecular complexity index is 807. The van der Waals surface area contributed by atoms with Crippen LogP contribution in [0.1, 0.15) is 11.1 Å². The standard InChI is InChI=1S/C14H14BrClN2O2S/c1-8-3-4-10(15)6-13(8)18-21(19,20)14-7-12(17)11(16)5-9(14)2/h3-7,18H,17H2,1-2H3. The minimum absolute atomic E-state index is 0.115. The van der Waals surface area contributed by atoms with Crippen molar-refractivity contribution in [1.82, 2.24) is 0 Å². The largest absolute Gasteiger partial charge is 0.397 e. The molecule has 7 heteroatoms. The zero-order valence-electron chi connectivity index (χ0n) is 11.4. The van der Waals surface area contributed by atoms with E-state index in [-0.39, 0.29) is 10.6 Å². The van der Waals surface area contributed by atoms with Gasteiger partial charge in [0, 0.05) is 4.47 Å². The first-order valence-electron chi connectivity index (χ1n) is 6.05. The van der Waals surface area contributed by atoms with E-state index in [0.29, 0.717) is 16.3 Å². The van der Waals surface area contributed by atoms with Crippen LogP contribution < -0.4 is 10.5 Å². The van der Waals surface area contributed by atoms with Gasteiger partial charge >= 0.3 is 0 Å². The van der Waals surface area contributed by atoms with E-state index in [1.807, 2.05) is 19.1 Å². The van der Waals surface area contributed by atoms with E-state index >= 15 is 0 Å². The molecule has 4 nitrogen and oxygen atoms in total. The van der Waals surface area contributed by atoms with E-state index in [2.05, 4.69) is 20.7 Å². The second kappa shape index (κ2) is 5.87. The van der Waals surface area contributed by atoms with Crippen LogP contribution >= 0.6 is 27.5 Å². The highest BCUT2D eigenvalue weighted by atomic mass is 79.9. The fraction of sp³-hybridized carbons (Fsp3) is 0.143. The van der Waals surface area contributed by atoms with Crippen molar-refractivity contribution in [3.63, 3.8) is 0 Å².